The van der Waals surface area contributed by atoms with Crippen LogP contribution in [0, 0.1) is 5.92 Å². The van der Waals surface area contributed by atoms with E-state index in [1.165, 1.54) is 0 Å². The number of aromatic nitrogens is 1. The van der Waals surface area contributed by atoms with E-state index in [4.69, 9.17) is 13.9 Å². The lowest BCUT2D eigenvalue weighted by Gasteiger charge is -2.06. The number of hydrogen-bond donors (Lipinski definition) is 1. The average molecular weight is 256 g/mol. The second-order valence-corrected chi connectivity index (χ2v) is 4.60. The molecule has 1 N–H and O–H groups in total. The largest absolute Gasteiger partial charge is 0.448 e. The summed E-state index contributed by atoms with van der Waals surface area (Å²) in [6.45, 7) is 9.83. The number of oxazole rings is 1. The summed E-state index contributed by atoms with van der Waals surface area (Å²) < 4.78 is 15.9. The quantitative estimate of drug-likeness (QED) is 0.650. The fourth-order valence-corrected chi connectivity index (χ4v) is 1.34. The van der Waals surface area contributed by atoms with Crippen LogP contribution in [0.25, 0.3) is 0 Å². The molecule has 0 aliphatic rings. The van der Waals surface area contributed by atoms with E-state index in [0.29, 0.717) is 31.8 Å². The molecule has 0 saturated heterocycles. The van der Waals surface area contributed by atoms with E-state index in [2.05, 4.69) is 31.1 Å². The molecule has 0 radical (unpaired) electrons. The Hall–Kier alpha value is -1.07. The molecule has 1 heterocycles. The fraction of sp³-hybridized carbons (Fsp3) is 0.769. The molecule has 0 spiro atoms. The Balaban J connectivity index is 2.11. The van der Waals surface area contributed by atoms with Gasteiger partial charge in [0.2, 0.25) is 0 Å². The Morgan fingerprint density at radius 1 is 1.39 bits per heavy atom. The summed E-state index contributed by atoms with van der Waals surface area (Å²) >= 11 is 0. The molecule has 0 fully saturated rings. The van der Waals surface area contributed by atoms with Crippen LogP contribution in [-0.2, 0) is 11.3 Å². The van der Waals surface area contributed by atoms with Crippen LogP contribution in [-0.4, -0.2) is 31.3 Å². The zero-order chi connectivity index (χ0) is 13.2. The third-order valence-electron chi connectivity index (χ3n) is 2.17. The molecule has 18 heavy (non-hydrogen) atoms. The maximum atomic E-state index is 5.40. The van der Waals surface area contributed by atoms with Crippen molar-refractivity contribution in [3.05, 3.63) is 12.0 Å². The highest BCUT2D eigenvalue weighted by atomic mass is 16.6. The number of ether oxygens (including phenoxy) is 2. The molecule has 5 heteroatoms. The Bertz CT molecular complexity index is 313. The average Bonchev–Trinajstić information content (AvgIpc) is 2.77. The molecule has 0 saturated carbocycles. The second-order valence-electron chi connectivity index (χ2n) is 4.60. The first-order chi connectivity index (χ1) is 8.72. The van der Waals surface area contributed by atoms with Crippen molar-refractivity contribution in [2.45, 2.75) is 33.7 Å². The van der Waals surface area contributed by atoms with Gasteiger partial charge in [-0.25, -0.2) is 0 Å². The van der Waals surface area contributed by atoms with Gasteiger partial charge in [-0.2, -0.15) is 4.98 Å². The SMILES string of the molecule is CCCNCc1coc(OCCOCC(C)C)n1. The predicted molar refractivity (Wildman–Crippen MR) is 69.7 cm³/mol. The van der Waals surface area contributed by atoms with Crippen molar-refractivity contribution in [2.75, 3.05) is 26.4 Å². The van der Waals surface area contributed by atoms with Gasteiger partial charge in [0.1, 0.15) is 12.9 Å². The van der Waals surface area contributed by atoms with Gasteiger partial charge < -0.3 is 19.2 Å². The molecular weight excluding hydrogens is 232 g/mol. The van der Waals surface area contributed by atoms with E-state index >= 15 is 0 Å². The molecule has 0 aliphatic heterocycles. The van der Waals surface area contributed by atoms with Crippen molar-refractivity contribution in [1.82, 2.24) is 10.3 Å². The number of nitrogens with zero attached hydrogens (tertiary/aromatic N) is 1. The van der Waals surface area contributed by atoms with Gasteiger partial charge in [0.25, 0.3) is 0 Å². The minimum Gasteiger partial charge on any atom is -0.448 e. The molecule has 0 bridgehead atoms. The fourth-order valence-electron chi connectivity index (χ4n) is 1.34. The third kappa shape index (κ3) is 6.61. The van der Waals surface area contributed by atoms with Crippen LogP contribution < -0.4 is 10.1 Å². The van der Waals surface area contributed by atoms with Crippen molar-refractivity contribution in [3.8, 4) is 6.08 Å². The Morgan fingerprint density at radius 3 is 2.94 bits per heavy atom. The standard InChI is InChI=1S/C13H24N2O3/c1-4-5-14-8-12-10-18-13(15-12)17-7-6-16-9-11(2)3/h10-11,14H,4-9H2,1-3H3. The molecule has 0 amide bonds. The van der Waals surface area contributed by atoms with Crippen molar-refractivity contribution >= 4 is 0 Å². The molecule has 104 valence electrons. The highest BCUT2D eigenvalue weighted by Gasteiger charge is 2.04. The number of hydrogen-bond acceptors (Lipinski definition) is 5. The van der Waals surface area contributed by atoms with Crippen molar-refractivity contribution in [2.24, 2.45) is 5.92 Å². The lowest BCUT2D eigenvalue weighted by Crippen LogP contribution is -2.14. The van der Waals surface area contributed by atoms with Crippen LogP contribution in [0.3, 0.4) is 0 Å². The Morgan fingerprint density at radius 2 is 2.22 bits per heavy atom. The molecule has 0 unspecified atom stereocenters. The topological polar surface area (TPSA) is 56.5 Å². The van der Waals surface area contributed by atoms with Crippen molar-refractivity contribution in [1.29, 1.82) is 0 Å². The van der Waals surface area contributed by atoms with E-state index in [0.717, 1.165) is 25.3 Å². The minimum absolute atomic E-state index is 0.316. The number of rotatable bonds is 10. The van der Waals surface area contributed by atoms with E-state index < -0.39 is 0 Å². The van der Waals surface area contributed by atoms with Crippen molar-refractivity contribution < 1.29 is 13.9 Å². The summed E-state index contributed by atoms with van der Waals surface area (Å²) in [4.78, 5) is 4.21. The van der Waals surface area contributed by atoms with Gasteiger partial charge >= 0.3 is 6.08 Å². The monoisotopic (exact) mass is 256 g/mol. The summed E-state index contributed by atoms with van der Waals surface area (Å²) in [5.41, 5.74) is 0.863. The first-order valence-corrected chi connectivity index (χ1v) is 6.58. The van der Waals surface area contributed by atoms with Crippen LogP contribution in [0.15, 0.2) is 10.7 Å². The summed E-state index contributed by atoms with van der Waals surface area (Å²) in [5, 5.41) is 3.25. The highest BCUT2D eigenvalue weighted by molar-refractivity contribution is 4.99. The zero-order valence-electron chi connectivity index (χ0n) is 11.6. The Kier molecular flexibility index (Phi) is 7.44. The van der Waals surface area contributed by atoms with Gasteiger partial charge in [-0.1, -0.05) is 20.8 Å². The maximum absolute atomic E-state index is 5.40. The third-order valence-corrected chi connectivity index (χ3v) is 2.17. The molecule has 0 aliphatic carbocycles. The zero-order valence-corrected chi connectivity index (χ0v) is 11.6. The van der Waals surface area contributed by atoms with Crippen molar-refractivity contribution in [3.63, 3.8) is 0 Å². The van der Waals surface area contributed by atoms with Crippen LogP contribution in [0.2, 0.25) is 0 Å². The minimum atomic E-state index is 0.316. The highest BCUT2D eigenvalue weighted by Crippen LogP contribution is 2.09. The van der Waals surface area contributed by atoms with Crippen LogP contribution >= 0.6 is 0 Å². The molecule has 0 atom stereocenters. The molecule has 1 rings (SSSR count). The first kappa shape index (κ1) is 15.0. The van der Waals surface area contributed by atoms with E-state index in [9.17, 15) is 0 Å². The van der Waals surface area contributed by atoms with Crippen LogP contribution in [0.5, 0.6) is 6.08 Å². The summed E-state index contributed by atoms with van der Waals surface area (Å²) in [6.07, 6.45) is 3.04. The molecule has 1 aromatic heterocycles. The normalized spacial score (nSPS) is 11.1. The smallest absolute Gasteiger partial charge is 0.393 e. The van der Waals surface area contributed by atoms with Gasteiger partial charge in [-0.15, -0.1) is 0 Å². The van der Waals surface area contributed by atoms with Gasteiger partial charge in [0.05, 0.1) is 12.3 Å². The lowest BCUT2D eigenvalue weighted by atomic mass is 10.2. The van der Waals surface area contributed by atoms with E-state index in [1.54, 1.807) is 6.26 Å². The van der Waals surface area contributed by atoms with E-state index in [1.807, 2.05) is 0 Å². The van der Waals surface area contributed by atoms with Gasteiger partial charge in [0.15, 0.2) is 0 Å². The lowest BCUT2D eigenvalue weighted by molar-refractivity contribution is 0.0724. The van der Waals surface area contributed by atoms with Gasteiger partial charge in [0, 0.05) is 13.2 Å². The summed E-state index contributed by atoms with van der Waals surface area (Å²) in [5.74, 6) is 0.544. The number of nitrogens with one attached hydrogen (secondary N) is 1. The summed E-state index contributed by atoms with van der Waals surface area (Å²) in [7, 11) is 0. The van der Waals surface area contributed by atoms with E-state index in [-0.39, 0.29) is 0 Å². The molecule has 0 aromatic carbocycles. The van der Waals surface area contributed by atoms with Gasteiger partial charge in [-0.05, 0) is 18.9 Å². The van der Waals surface area contributed by atoms with Crippen LogP contribution in [0.4, 0.5) is 0 Å². The second kappa shape index (κ2) is 8.94. The summed E-state index contributed by atoms with van der Waals surface area (Å²) in [6, 6.07) is 0. The Labute approximate surface area is 109 Å². The molecular formula is C13H24N2O3. The van der Waals surface area contributed by atoms with Gasteiger partial charge in [-0.3, -0.25) is 0 Å². The first-order valence-electron chi connectivity index (χ1n) is 6.58. The maximum Gasteiger partial charge on any atom is 0.393 e. The predicted octanol–water partition coefficient (Wildman–Crippen LogP) is 2.23. The molecule has 1 aromatic rings. The molecule has 5 nitrogen and oxygen atoms in total. The van der Waals surface area contributed by atoms with Crippen LogP contribution in [0.1, 0.15) is 32.9 Å².